The lowest BCUT2D eigenvalue weighted by atomic mass is 9.86. The van der Waals surface area contributed by atoms with Crippen LogP contribution in [-0.4, -0.2) is 11.1 Å². The molecule has 0 aliphatic heterocycles. The van der Waals surface area contributed by atoms with Crippen molar-refractivity contribution in [2.24, 2.45) is 18.7 Å². The first-order valence-electron chi connectivity index (χ1n) is 7.03. The highest BCUT2D eigenvalue weighted by Crippen LogP contribution is 2.34. The molecule has 2 aromatic rings. The van der Waals surface area contributed by atoms with Gasteiger partial charge in [-0.3, -0.25) is 0 Å². The van der Waals surface area contributed by atoms with E-state index >= 15 is 0 Å². The Hall–Kier alpha value is -1.28. The number of hydrogen-bond acceptors (Lipinski definition) is 1. The van der Waals surface area contributed by atoms with Crippen LogP contribution in [0.3, 0.4) is 0 Å². The summed E-state index contributed by atoms with van der Waals surface area (Å²) in [5.41, 5.74) is 11.8. The van der Waals surface area contributed by atoms with E-state index in [0.717, 1.165) is 19.4 Å². The highest BCUT2D eigenvalue weighted by atomic mass is 15.0. The molecule has 18 heavy (non-hydrogen) atoms. The number of nitrogens with zero attached hydrogens (tertiary/aromatic N) is 1. The van der Waals surface area contributed by atoms with Crippen molar-refractivity contribution in [1.82, 2.24) is 4.57 Å². The third-order valence-corrected chi connectivity index (χ3v) is 4.52. The summed E-state index contributed by atoms with van der Waals surface area (Å²) in [7, 11) is 2.20. The average Bonchev–Trinajstić information content (AvgIpc) is 2.71. The van der Waals surface area contributed by atoms with Crippen LogP contribution in [0, 0.1) is 5.92 Å². The Kier molecular flexibility index (Phi) is 2.90. The minimum Gasteiger partial charge on any atom is -0.347 e. The van der Waals surface area contributed by atoms with Crippen molar-refractivity contribution in [3.63, 3.8) is 0 Å². The van der Waals surface area contributed by atoms with Crippen molar-refractivity contribution < 1.29 is 0 Å². The van der Waals surface area contributed by atoms with E-state index in [-0.39, 0.29) is 0 Å². The van der Waals surface area contributed by atoms with E-state index in [1.54, 1.807) is 5.56 Å². The van der Waals surface area contributed by atoms with Gasteiger partial charge in [0.25, 0.3) is 0 Å². The Labute approximate surface area is 109 Å². The molecule has 96 valence electrons. The zero-order valence-corrected chi connectivity index (χ0v) is 11.4. The quantitative estimate of drug-likeness (QED) is 0.862. The van der Waals surface area contributed by atoms with Crippen LogP contribution < -0.4 is 5.73 Å². The van der Waals surface area contributed by atoms with Gasteiger partial charge in [0.2, 0.25) is 0 Å². The summed E-state index contributed by atoms with van der Waals surface area (Å²) in [6.07, 6.45) is 4.70. The van der Waals surface area contributed by atoms with Crippen LogP contribution in [0.15, 0.2) is 18.2 Å². The van der Waals surface area contributed by atoms with E-state index < -0.39 is 0 Å². The number of rotatable bonds is 2. The zero-order chi connectivity index (χ0) is 12.7. The molecule has 1 aliphatic rings. The van der Waals surface area contributed by atoms with E-state index in [9.17, 15) is 0 Å². The number of nitrogens with two attached hydrogens (primary N) is 1. The van der Waals surface area contributed by atoms with Crippen molar-refractivity contribution in [1.29, 1.82) is 0 Å². The van der Waals surface area contributed by atoms with Crippen LogP contribution in [0.2, 0.25) is 0 Å². The van der Waals surface area contributed by atoms with Gasteiger partial charge in [0, 0.05) is 23.6 Å². The first-order chi connectivity index (χ1) is 8.74. The maximum atomic E-state index is 5.86. The fourth-order valence-corrected chi connectivity index (χ4v) is 3.32. The van der Waals surface area contributed by atoms with Gasteiger partial charge in [-0.1, -0.05) is 13.0 Å². The van der Waals surface area contributed by atoms with Gasteiger partial charge in [0.15, 0.2) is 0 Å². The molecule has 0 spiro atoms. The van der Waals surface area contributed by atoms with Gasteiger partial charge in [-0.25, -0.2) is 0 Å². The second-order valence-electron chi connectivity index (χ2n) is 5.53. The minimum absolute atomic E-state index is 0.674. The third-order valence-electron chi connectivity index (χ3n) is 4.52. The van der Waals surface area contributed by atoms with Gasteiger partial charge in [-0.05, 0) is 61.4 Å². The molecular formula is C16H22N2. The molecule has 1 unspecified atom stereocenters. The molecule has 1 aromatic carbocycles. The molecule has 0 amide bonds. The molecule has 0 radical (unpaired) electrons. The second-order valence-corrected chi connectivity index (χ2v) is 5.53. The fraction of sp³-hybridized carbons (Fsp3) is 0.500. The summed E-state index contributed by atoms with van der Waals surface area (Å²) >= 11 is 0. The predicted molar refractivity (Wildman–Crippen MR) is 76.9 cm³/mol. The SMILES string of the molecule is CCc1ccc2c(c1)c1c(n2C)CCC(CN)C1. The largest absolute Gasteiger partial charge is 0.347 e. The van der Waals surface area contributed by atoms with Crippen LogP contribution in [0.5, 0.6) is 0 Å². The number of aromatic nitrogens is 1. The van der Waals surface area contributed by atoms with E-state index in [0.29, 0.717) is 5.92 Å². The van der Waals surface area contributed by atoms with Gasteiger partial charge >= 0.3 is 0 Å². The Morgan fingerprint density at radius 2 is 2.22 bits per heavy atom. The van der Waals surface area contributed by atoms with Gasteiger partial charge in [-0.15, -0.1) is 0 Å². The number of aryl methyl sites for hydroxylation is 2. The molecule has 2 heteroatoms. The standard InChI is InChI=1S/C16H22N2/c1-3-11-4-6-15-13(8-11)14-9-12(10-17)5-7-16(14)18(15)2/h4,6,8,12H,3,5,7,9-10,17H2,1-2H3. The molecule has 2 nitrogen and oxygen atoms in total. The van der Waals surface area contributed by atoms with Crippen LogP contribution in [0.4, 0.5) is 0 Å². The lowest BCUT2D eigenvalue weighted by molar-refractivity contribution is 0.462. The molecule has 0 saturated carbocycles. The molecule has 0 bridgehead atoms. The third kappa shape index (κ3) is 1.67. The predicted octanol–water partition coefficient (Wildman–Crippen LogP) is 2.80. The summed E-state index contributed by atoms with van der Waals surface area (Å²) in [5, 5.41) is 1.46. The van der Waals surface area contributed by atoms with Gasteiger partial charge < -0.3 is 10.3 Å². The van der Waals surface area contributed by atoms with Crippen LogP contribution >= 0.6 is 0 Å². The average molecular weight is 242 g/mol. The van der Waals surface area contributed by atoms with Crippen molar-refractivity contribution in [2.45, 2.75) is 32.6 Å². The first kappa shape index (κ1) is 11.8. The molecule has 1 aromatic heterocycles. The molecule has 3 rings (SSSR count). The van der Waals surface area contributed by atoms with Crippen LogP contribution in [0.1, 0.15) is 30.2 Å². The second kappa shape index (κ2) is 4.43. The molecule has 0 fully saturated rings. The Bertz CT molecular complexity index is 580. The normalized spacial score (nSPS) is 19.2. The Balaban J connectivity index is 2.19. The summed E-state index contributed by atoms with van der Waals surface area (Å²) in [6, 6.07) is 6.92. The van der Waals surface area contributed by atoms with Gasteiger partial charge in [0.1, 0.15) is 0 Å². The van der Waals surface area contributed by atoms with Crippen molar-refractivity contribution in [3.8, 4) is 0 Å². The monoisotopic (exact) mass is 242 g/mol. The summed E-state index contributed by atoms with van der Waals surface area (Å²) in [5.74, 6) is 0.674. The van der Waals surface area contributed by atoms with Crippen molar-refractivity contribution in [2.75, 3.05) is 6.54 Å². The van der Waals surface area contributed by atoms with Crippen molar-refractivity contribution in [3.05, 3.63) is 35.0 Å². The molecule has 2 N–H and O–H groups in total. The molecule has 1 heterocycles. The van der Waals surface area contributed by atoms with E-state index in [1.807, 2.05) is 0 Å². The fourth-order valence-electron chi connectivity index (χ4n) is 3.32. The first-order valence-corrected chi connectivity index (χ1v) is 7.03. The highest BCUT2D eigenvalue weighted by molar-refractivity contribution is 5.86. The molecule has 1 atom stereocenters. The molecule has 1 aliphatic carbocycles. The van der Waals surface area contributed by atoms with E-state index in [1.165, 1.54) is 35.0 Å². The number of benzene rings is 1. The lowest BCUT2D eigenvalue weighted by Gasteiger charge is -2.21. The van der Waals surface area contributed by atoms with Crippen LogP contribution in [0.25, 0.3) is 10.9 Å². The lowest BCUT2D eigenvalue weighted by Crippen LogP contribution is -2.22. The van der Waals surface area contributed by atoms with Crippen LogP contribution in [-0.2, 0) is 26.3 Å². The van der Waals surface area contributed by atoms with E-state index in [4.69, 9.17) is 5.73 Å². The maximum absolute atomic E-state index is 5.86. The summed E-state index contributed by atoms with van der Waals surface area (Å²) < 4.78 is 2.39. The van der Waals surface area contributed by atoms with Crippen molar-refractivity contribution >= 4 is 10.9 Å². The van der Waals surface area contributed by atoms with E-state index in [2.05, 4.69) is 36.7 Å². The van der Waals surface area contributed by atoms with Gasteiger partial charge in [-0.2, -0.15) is 0 Å². The number of fused-ring (bicyclic) bond motifs is 3. The smallest absolute Gasteiger partial charge is 0.0482 e. The number of hydrogen-bond donors (Lipinski definition) is 1. The topological polar surface area (TPSA) is 30.9 Å². The Morgan fingerprint density at radius 1 is 1.39 bits per heavy atom. The minimum atomic E-state index is 0.674. The zero-order valence-electron chi connectivity index (χ0n) is 11.4. The summed E-state index contributed by atoms with van der Waals surface area (Å²) in [6.45, 7) is 3.04. The van der Waals surface area contributed by atoms with Gasteiger partial charge in [0.05, 0.1) is 0 Å². The highest BCUT2D eigenvalue weighted by Gasteiger charge is 2.23. The summed E-state index contributed by atoms with van der Waals surface area (Å²) in [4.78, 5) is 0. The Morgan fingerprint density at radius 3 is 2.94 bits per heavy atom. The maximum Gasteiger partial charge on any atom is 0.0482 e. The molecule has 0 saturated heterocycles. The molecular weight excluding hydrogens is 220 g/mol.